The Morgan fingerprint density at radius 3 is 2.40 bits per heavy atom. The summed E-state index contributed by atoms with van der Waals surface area (Å²) in [5.74, 6) is -0.187. The number of hydrogen-bond acceptors (Lipinski definition) is 6. The molecule has 0 unspecified atom stereocenters. The van der Waals surface area contributed by atoms with Crippen LogP contribution in [0.15, 0.2) is 95.0 Å². The van der Waals surface area contributed by atoms with Gasteiger partial charge in [-0.1, -0.05) is 59.6 Å². The average molecular weight is 662 g/mol. The van der Waals surface area contributed by atoms with Gasteiger partial charge in [0.15, 0.2) is 11.5 Å². The number of benzene rings is 4. The Hall–Kier alpha value is -4.60. The van der Waals surface area contributed by atoms with E-state index in [2.05, 4.69) is 21.2 Å². The third-order valence-electron chi connectivity index (χ3n) is 6.58. The Bertz CT molecular complexity index is 1740. The van der Waals surface area contributed by atoms with Gasteiger partial charge in [0.25, 0.3) is 11.8 Å². The maximum absolute atomic E-state index is 13.4. The molecule has 5 rings (SSSR count). The highest BCUT2D eigenvalue weighted by Gasteiger charge is 2.37. The molecule has 4 aromatic carbocycles. The minimum atomic E-state index is -0.851. The number of ether oxygens (including phenoxy) is 3. The van der Waals surface area contributed by atoms with Gasteiger partial charge < -0.3 is 14.2 Å². The topological polar surface area (TPSA) is 94.2 Å². The number of nitrogens with one attached hydrogen (secondary N) is 1. The van der Waals surface area contributed by atoms with Crippen LogP contribution < -0.4 is 24.4 Å². The molecule has 1 heterocycles. The molecule has 1 aliphatic rings. The number of carbonyl (C=O) groups is 3. The van der Waals surface area contributed by atoms with E-state index in [4.69, 9.17) is 25.8 Å². The van der Waals surface area contributed by atoms with Gasteiger partial charge in [-0.3, -0.25) is 14.9 Å². The number of barbiturate groups is 1. The van der Waals surface area contributed by atoms with Crippen molar-refractivity contribution in [3.63, 3.8) is 0 Å². The summed E-state index contributed by atoms with van der Waals surface area (Å²) in [7, 11) is 1.50. The van der Waals surface area contributed by atoms with Crippen molar-refractivity contribution >= 4 is 57.1 Å². The van der Waals surface area contributed by atoms with Crippen LogP contribution in [0.3, 0.4) is 0 Å². The summed E-state index contributed by atoms with van der Waals surface area (Å²) in [4.78, 5) is 39.8. The lowest BCUT2D eigenvalue weighted by molar-refractivity contribution is -0.122. The molecule has 4 aromatic rings. The van der Waals surface area contributed by atoms with E-state index < -0.39 is 17.8 Å². The van der Waals surface area contributed by atoms with Gasteiger partial charge >= 0.3 is 6.03 Å². The van der Waals surface area contributed by atoms with Crippen molar-refractivity contribution in [2.75, 3.05) is 12.0 Å². The van der Waals surface area contributed by atoms with Gasteiger partial charge in [0.05, 0.1) is 17.3 Å². The lowest BCUT2D eigenvalue weighted by Crippen LogP contribution is -2.54. The van der Waals surface area contributed by atoms with Crippen LogP contribution in [0.25, 0.3) is 6.08 Å². The molecule has 0 bridgehead atoms. The second kappa shape index (κ2) is 13.1. The quantitative estimate of drug-likeness (QED) is 0.150. The SMILES string of the molecule is COc1cc(/C=C2\C(=O)NC(=O)N(c3ccc(OCc4ccccc4Cl)cc3)C2=O)cc(Br)c1OCc1cccc(C)c1. The molecular formula is C33H26BrClN2O6. The van der Waals surface area contributed by atoms with Crippen LogP contribution in [0.5, 0.6) is 17.2 Å². The first-order chi connectivity index (χ1) is 20.7. The zero-order valence-electron chi connectivity index (χ0n) is 23.2. The molecule has 10 heteroatoms. The number of urea groups is 1. The average Bonchev–Trinajstić information content (AvgIpc) is 2.98. The standard InChI is InChI=1S/C33H26BrClN2O6/c1-20-6-5-7-21(14-20)18-43-30-27(34)16-22(17-29(30)41-2)15-26-31(38)36-33(40)37(32(26)39)24-10-12-25(13-11-24)42-19-23-8-3-4-9-28(23)35/h3-17H,18-19H2,1-2H3,(H,36,38,40)/b26-15+. The highest BCUT2D eigenvalue weighted by atomic mass is 79.9. The maximum Gasteiger partial charge on any atom is 0.335 e. The van der Waals surface area contributed by atoms with E-state index >= 15 is 0 Å². The number of halogens is 2. The lowest BCUT2D eigenvalue weighted by atomic mass is 10.1. The highest BCUT2D eigenvalue weighted by Crippen LogP contribution is 2.38. The number of carbonyl (C=O) groups excluding carboxylic acids is 3. The molecule has 1 N–H and O–H groups in total. The number of methoxy groups -OCH3 is 1. The Balaban J connectivity index is 1.34. The van der Waals surface area contributed by atoms with E-state index in [-0.39, 0.29) is 17.9 Å². The Labute approximate surface area is 261 Å². The first-order valence-electron chi connectivity index (χ1n) is 13.2. The van der Waals surface area contributed by atoms with E-state index in [1.807, 2.05) is 49.4 Å². The smallest absolute Gasteiger partial charge is 0.335 e. The zero-order valence-corrected chi connectivity index (χ0v) is 25.6. The number of anilines is 1. The van der Waals surface area contributed by atoms with Gasteiger partial charge in [-0.25, -0.2) is 9.69 Å². The normalized spacial score (nSPS) is 14.1. The van der Waals surface area contributed by atoms with E-state index in [1.165, 1.54) is 13.2 Å². The molecule has 8 nitrogen and oxygen atoms in total. The molecule has 1 aliphatic heterocycles. The minimum Gasteiger partial charge on any atom is -0.493 e. The summed E-state index contributed by atoms with van der Waals surface area (Å²) >= 11 is 9.71. The second-order valence-corrected chi connectivity index (χ2v) is 10.9. The van der Waals surface area contributed by atoms with Crippen LogP contribution in [-0.2, 0) is 22.8 Å². The number of imide groups is 2. The Morgan fingerprint density at radius 2 is 1.67 bits per heavy atom. The second-order valence-electron chi connectivity index (χ2n) is 9.64. The summed E-state index contributed by atoms with van der Waals surface area (Å²) in [6, 6.07) is 24.2. The van der Waals surface area contributed by atoms with Crippen molar-refractivity contribution < 1.29 is 28.6 Å². The number of rotatable bonds is 9. The van der Waals surface area contributed by atoms with E-state index in [0.717, 1.165) is 21.6 Å². The third-order valence-corrected chi connectivity index (χ3v) is 7.53. The van der Waals surface area contributed by atoms with Gasteiger partial charge in [0.1, 0.15) is 24.5 Å². The molecule has 0 aliphatic carbocycles. The number of aryl methyl sites for hydroxylation is 1. The van der Waals surface area contributed by atoms with Gasteiger partial charge in [-0.05, 0) is 82.5 Å². The van der Waals surface area contributed by atoms with Crippen molar-refractivity contribution in [1.82, 2.24) is 5.32 Å². The van der Waals surface area contributed by atoms with Crippen molar-refractivity contribution in [1.29, 1.82) is 0 Å². The van der Waals surface area contributed by atoms with Crippen LogP contribution in [-0.4, -0.2) is 25.0 Å². The lowest BCUT2D eigenvalue weighted by Gasteiger charge is -2.26. The first-order valence-corrected chi connectivity index (χ1v) is 14.3. The van der Waals surface area contributed by atoms with Crippen molar-refractivity contribution in [3.05, 3.63) is 122 Å². The van der Waals surface area contributed by atoms with Crippen LogP contribution in [0.1, 0.15) is 22.3 Å². The van der Waals surface area contributed by atoms with Gasteiger partial charge in [0, 0.05) is 10.6 Å². The summed E-state index contributed by atoms with van der Waals surface area (Å²) in [5.41, 5.74) is 3.47. The number of amides is 4. The summed E-state index contributed by atoms with van der Waals surface area (Å²) in [6.07, 6.45) is 1.40. The molecule has 43 heavy (non-hydrogen) atoms. The first kappa shape index (κ1) is 29.9. The summed E-state index contributed by atoms with van der Waals surface area (Å²) < 4.78 is 17.9. The molecular weight excluding hydrogens is 636 g/mol. The predicted molar refractivity (Wildman–Crippen MR) is 167 cm³/mol. The molecule has 1 fully saturated rings. The Kier molecular flexibility index (Phi) is 9.13. The molecule has 0 saturated carbocycles. The fourth-order valence-corrected chi connectivity index (χ4v) is 5.21. The van der Waals surface area contributed by atoms with Crippen LogP contribution in [0, 0.1) is 6.92 Å². The third kappa shape index (κ3) is 6.90. The van der Waals surface area contributed by atoms with E-state index in [0.29, 0.717) is 38.9 Å². The molecule has 0 spiro atoms. The molecule has 1 saturated heterocycles. The van der Waals surface area contributed by atoms with Gasteiger partial charge in [0.2, 0.25) is 0 Å². The molecule has 0 radical (unpaired) electrons. The van der Waals surface area contributed by atoms with Crippen molar-refractivity contribution in [2.45, 2.75) is 20.1 Å². The largest absolute Gasteiger partial charge is 0.493 e. The Morgan fingerprint density at radius 1 is 0.907 bits per heavy atom. The number of hydrogen-bond donors (Lipinski definition) is 1. The fraction of sp³-hybridized carbons (Fsp3) is 0.121. The van der Waals surface area contributed by atoms with Crippen molar-refractivity contribution in [2.24, 2.45) is 0 Å². The van der Waals surface area contributed by atoms with Gasteiger partial charge in [-0.15, -0.1) is 0 Å². The molecule has 218 valence electrons. The summed E-state index contributed by atoms with van der Waals surface area (Å²) in [6.45, 7) is 2.57. The fourth-order valence-electron chi connectivity index (χ4n) is 4.45. The van der Waals surface area contributed by atoms with Crippen LogP contribution >= 0.6 is 27.5 Å². The molecule has 4 amide bonds. The van der Waals surface area contributed by atoms with E-state index in [9.17, 15) is 14.4 Å². The number of nitrogens with zero attached hydrogens (tertiary/aromatic N) is 1. The molecule has 0 aromatic heterocycles. The van der Waals surface area contributed by atoms with Crippen LogP contribution in [0.2, 0.25) is 5.02 Å². The summed E-state index contributed by atoms with van der Waals surface area (Å²) in [5, 5.41) is 2.83. The molecule has 0 atom stereocenters. The van der Waals surface area contributed by atoms with Crippen molar-refractivity contribution in [3.8, 4) is 17.2 Å². The monoisotopic (exact) mass is 660 g/mol. The maximum atomic E-state index is 13.4. The minimum absolute atomic E-state index is 0.221. The van der Waals surface area contributed by atoms with Gasteiger partial charge in [-0.2, -0.15) is 0 Å². The van der Waals surface area contributed by atoms with Crippen LogP contribution in [0.4, 0.5) is 10.5 Å². The highest BCUT2D eigenvalue weighted by molar-refractivity contribution is 9.10. The predicted octanol–water partition coefficient (Wildman–Crippen LogP) is 7.24. The zero-order chi connectivity index (χ0) is 30.5. The van der Waals surface area contributed by atoms with E-state index in [1.54, 1.807) is 42.5 Å².